The van der Waals surface area contributed by atoms with E-state index in [2.05, 4.69) is 11.1 Å². The van der Waals surface area contributed by atoms with E-state index in [4.69, 9.17) is 9.47 Å². The molecular formula is C25H25FN4O3S. The van der Waals surface area contributed by atoms with Crippen LogP contribution in [0.2, 0.25) is 0 Å². The maximum absolute atomic E-state index is 13.3. The Morgan fingerprint density at radius 2 is 1.76 bits per heavy atom. The fourth-order valence-corrected chi connectivity index (χ4v) is 5.06. The molecule has 1 saturated heterocycles. The van der Waals surface area contributed by atoms with E-state index in [0.717, 1.165) is 16.1 Å². The minimum absolute atomic E-state index is 0.0586. The van der Waals surface area contributed by atoms with E-state index in [1.54, 1.807) is 31.3 Å². The van der Waals surface area contributed by atoms with Crippen LogP contribution >= 0.6 is 11.3 Å². The predicted octanol–water partition coefficient (Wildman–Crippen LogP) is 4.30. The highest BCUT2D eigenvalue weighted by molar-refractivity contribution is 7.17. The monoisotopic (exact) mass is 480 g/mol. The summed E-state index contributed by atoms with van der Waals surface area (Å²) in [6.45, 7) is 3.95. The summed E-state index contributed by atoms with van der Waals surface area (Å²) in [5, 5.41) is 10.4. The minimum atomic E-state index is -0.473. The average Bonchev–Trinajstić information content (AvgIpc) is 3.26. The summed E-state index contributed by atoms with van der Waals surface area (Å²) in [6, 6.07) is 13.4. The Kier molecular flexibility index (Phi) is 7.10. The van der Waals surface area contributed by atoms with Crippen molar-refractivity contribution in [1.29, 1.82) is 5.26 Å². The van der Waals surface area contributed by atoms with Gasteiger partial charge in [0.05, 0.1) is 26.0 Å². The van der Waals surface area contributed by atoms with Crippen LogP contribution in [0.4, 0.5) is 4.39 Å². The molecule has 2 heterocycles. The van der Waals surface area contributed by atoms with Crippen LogP contribution in [0.5, 0.6) is 11.5 Å². The number of benzene rings is 2. The van der Waals surface area contributed by atoms with Crippen molar-refractivity contribution in [1.82, 2.24) is 14.8 Å². The number of hydrogen-bond acceptors (Lipinski definition) is 7. The number of ether oxygens (including phenoxy) is 2. The topological polar surface area (TPSA) is 78.7 Å². The number of methoxy groups -OCH3 is 2. The molecule has 1 fully saturated rings. The van der Waals surface area contributed by atoms with Crippen LogP contribution in [0.3, 0.4) is 0 Å². The van der Waals surface area contributed by atoms with Gasteiger partial charge in [-0.1, -0.05) is 12.1 Å². The summed E-state index contributed by atoms with van der Waals surface area (Å²) in [5.74, 6) is 0.843. The van der Waals surface area contributed by atoms with Gasteiger partial charge in [-0.3, -0.25) is 9.69 Å². The molecule has 7 nitrogen and oxygen atoms in total. The van der Waals surface area contributed by atoms with Gasteiger partial charge in [-0.15, -0.1) is 11.3 Å². The molecule has 1 aliphatic heterocycles. The van der Waals surface area contributed by atoms with Crippen molar-refractivity contribution in [2.45, 2.75) is 13.0 Å². The highest BCUT2D eigenvalue weighted by Gasteiger charge is 2.29. The van der Waals surface area contributed by atoms with Crippen LogP contribution in [0.1, 0.15) is 27.0 Å². The fraction of sp³-hybridized carbons (Fsp3) is 0.320. The lowest BCUT2D eigenvalue weighted by Crippen LogP contribution is -2.49. The number of rotatable bonds is 6. The fourth-order valence-electron chi connectivity index (χ4n) is 4.03. The summed E-state index contributed by atoms with van der Waals surface area (Å²) in [6.07, 6.45) is 0. The third kappa shape index (κ3) is 4.74. The number of piperazine rings is 1. The predicted molar refractivity (Wildman–Crippen MR) is 128 cm³/mol. The van der Waals surface area contributed by atoms with E-state index < -0.39 is 6.04 Å². The second-order valence-corrected chi connectivity index (χ2v) is 8.91. The van der Waals surface area contributed by atoms with Crippen LogP contribution in [-0.4, -0.2) is 61.1 Å². The van der Waals surface area contributed by atoms with Crippen molar-refractivity contribution in [2.24, 2.45) is 0 Å². The third-order valence-corrected chi connectivity index (χ3v) is 7.09. The molecule has 34 heavy (non-hydrogen) atoms. The second-order valence-electron chi connectivity index (χ2n) is 7.91. The molecule has 0 N–H and O–H groups in total. The summed E-state index contributed by atoms with van der Waals surface area (Å²) in [7, 11) is 3.16. The Labute approximate surface area is 202 Å². The molecule has 0 unspecified atom stereocenters. The Balaban J connectivity index is 1.46. The van der Waals surface area contributed by atoms with Crippen molar-refractivity contribution in [3.8, 4) is 28.1 Å². The van der Waals surface area contributed by atoms with E-state index in [1.807, 2.05) is 30.0 Å². The Hall–Kier alpha value is -3.48. The van der Waals surface area contributed by atoms with Gasteiger partial charge in [0, 0.05) is 31.7 Å². The van der Waals surface area contributed by atoms with Crippen LogP contribution in [0.25, 0.3) is 10.6 Å². The number of aryl methyl sites for hydroxylation is 1. The normalized spacial score (nSPS) is 15.0. The first kappa shape index (κ1) is 23.7. The van der Waals surface area contributed by atoms with Gasteiger partial charge in [0.25, 0.3) is 5.91 Å². The van der Waals surface area contributed by atoms with Gasteiger partial charge in [-0.2, -0.15) is 5.26 Å². The maximum atomic E-state index is 13.3. The highest BCUT2D eigenvalue weighted by atomic mass is 32.1. The van der Waals surface area contributed by atoms with Crippen molar-refractivity contribution >= 4 is 17.2 Å². The third-order valence-electron chi connectivity index (χ3n) is 5.90. The molecule has 0 bridgehead atoms. The number of hydrogen-bond donors (Lipinski definition) is 0. The summed E-state index contributed by atoms with van der Waals surface area (Å²) < 4.78 is 23.9. The molecule has 9 heteroatoms. The van der Waals surface area contributed by atoms with Crippen LogP contribution in [-0.2, 0) is 0 Å². The van der Waals surface area contributed by atoms with Crippen molar-refractivity contribution in [3.05, 3.63) is 64.4 Å². The molecule has 3 aromatic rings. The molecular weight excluding hydrogens is 455 g/mol. The quantitative estimate of drug-likeness (QED) is 0.524. The van der Waals surface area contributed by atoms with Crippen molar-refractivity contribution < 1.29 is 18.7 Å². The molecule has 1 amide bonds. The van der Waals surface area contributed by atoms with Gasteiger partial charge in [0.1, 0.15) is 21.7 Å². The van der Waals surface area contributed by atoms with Crippen LogP contribution in [0.15, 0.2) is 42.5 Å². The van der Waals surface area contributed by atoms with Crippen LogP contribution < -0.4 is 9.47 Å². The molecule has 0 radical (unpaired) electrons. The van der Waals surface area contributed by atoms with Gasteiger partial charge < -0.3 is 14.4 Å². The Morgan fingerprint density at radius 3 is 2.38 bits per heavy atom. The standard InChI is InChI=1S/C25H25FN4O3S/c1-16-23(34-24(28-16)18-6-9-21(32-2)22(14-18)33-3)25(31)30-12-10-29(11-13-30)20(15-27)17-4-7-19(26)8-5-17/h4-9,14,20H,10-13H2,1-3H3/t20-/m1/s1. The highest BCUT2D eigenvalue weighted by Crippen LogP contribution is 2.35. The number of thiazole rings is 1. The number of carbonyl (C=O) groups is 1. The summed E-state index contributed by atoms with van der Waals surface area (Å²) in [5.41, 5.74) is 2.29. The number of nitrogens with zero attached hydrogens (tertiary/aromatic N) is 4. The smallest absolute Gasteiger partial charge is 0.265 e. The molecule has 2 aromatic carbocycles. The van der Waals surface area contributed by atoms with Gasteiger partial charge in [-0.25, -0.2) is 9.37 Å². The van der Waals surface area contributed by atoms with Crippen LogP contribution in [0, 0.1) is 24.1 Å². The largest absolute Gasteiger partial charge is 0.493 e. The zero-order chi connectivity index (χ0) is 24.2. The first-order valence-electron chi connectivity index (χ1n) is 10.8. The van der Waals surface area contributed by atoms with Crippen molar-refractivity contribution in [3.63, 3.8) is 0 Å². The van der Waals surface area contributed by atoms with Crippen molar-refractivity contribution in [2.75, 3.05) is 40.4 Å². The zero-order valence-electron chi connectivity index (χ0n) is 19.2. The number of carbonyl (C=O) groups excluding carboxylic acids is 1. The Bertz CT molecular complexity index is 1210. The SMILES string of the molecule is COc1ccc(-c2nc(C)c(C(=O)N3CCN([C@H](C#N)c4ccc(F)cc4)CC3)s2)cc1OC. The molecule has 1 aliphatic rings. The summed E-state index contributed by atoms with van der Waals surface area (Å²) in [4.78, 5) is 22.3. The van der Waals surface area contributed by atoms with E-state index in [-0.39, 0.29) is 11.7 Å². The van der Waals surface area contributed by atoms with E-state index in [0.29, 0.717) is 48.2 Å². The molecule has 1 atom stereocenters. The molecule has 0 spiro atoms. The molecule has 4 rings (SSSR count). The van der Waals surface area contributed by atoms with Gasteiger partial charge in [0.2, 0.25) is 0 Å². The van der Waals surface area contributed by atoms with Gasteiger partial charge in [0.15, 0.2) is 11.5 Å². The van der Waals surface area contributed by atoms with Gasteiger partial charge >= 0.3 is 0 Å². The lowest BCUT2D eigenvalue weighted by atomic mass is 10.1. The number of halogens is 1. The first-order chi connectivity index (χ1) is 16.4. The first-order valence-corrected chi connectivity index (χ1v) is 11.6. The Morgan fingerprint density at radius 1 is 1.09 bits per heavy atom. The minimum Gasteiger partial charge on any atom is -0.493 e. The van der Waals surface area contributed by atoms with E-state index in [1.165, 1.54) is 23.5 Å². The van der Waals surface area contributed by atoms with Gasteiger partial charge in [-0.05, 0) is 42.8 Å². The maximum Gasteiger partial charge on any atom is 0.265 e. The van der Waals surface area contributed by atoms with E-state index >= 15 is 0 Å². The number of amides is 1. The number of nitriles is 1. The second kappa shape index (κ2) is 10.2. The molecule has 0 aliphatic carbocycles. The molecule has 176 valence electrons. The number of aromatic nitrogens is 1. The summed E-state index contributed by atoms with van der Waals surface area (Å²) >= 11 is 1.36. The lowest BCUT2D eigenvalue weighted by molar-refractivity contribution is 0.0610. The average molecular weight is 481 g/mol. The zero-order valence-corrected chi connectivity index (χ0v) is 20.1. The molecule has 0 saturated carbocycles. The molecule has 1 aromatic heterocycles. The lowest BCUT2D eigenvalue weighted by Gasteiger charge is -2.36. The van der Waals surface area contributed by atoms with E-state index in [9.17, 15) is 14.4 Å².